The van der Waals surface area contributed by atoms with Crippen LogP contribution < -0.4 is 5.32 Å². The normalized spacial score (nSPS) is 13.6. The second-order valence-electron chi connectivity index (χ2n) is 8.47. The number of hydrogen-bond acceptors (Lipinski definition) is 3. The van der Waals surface area contributed by atoms with Gasteiger partial charge in [0.05, 0.1) is 11.8 Å². The molecule has 0 saturated heterocycles. The van der Waals surface area contributed by atoms with Crippen molar-refractivity contribution in [3.8, 4) is 11.1 Å². The SMILES string of the molecule is CC(C)(C)C[C@@H](NC(=O)O)c1ccc(-c2cccc(F)c2CS(=O)(=O)C(F)(F)F)cc1F. The Morgan fingerprint density at radius 3 is 2.19 bits per heavy atom. The number of carbonyl (C=O) groups is 1. The van der Waals surface area contributed by atoms with E-state index in [1.54, 1.807) is 0 Å². The van der Waals surface area contributed by atoms with Crippen LogP contribution in [0.1, 0.15) is 44.4 Å². The van der Waals surface area contributed by atoms with E-state index in [9.17, 15) is 35.2 Å². The van der Waals surface area contributed by atoms with Crippen molar-refractivity contribution in [3.05, 3.63) is 59.2 Å². The minimum absolute atomic E-state index is 0.00746. The molecule has 0 bridgehead atoms. The lowest BCUT2D eigenvalue weighted by molar-refractivity contribution is -0.0437. The first-order valence-electron chi connectivity index (χ1n) is 9.37. The third kappa shape index (κ3) is 6.18. The van der Waals surface area contributed by atoms with E-state index in [4.69, 9.17) is 5.11 Å². The van der Waals surface area contributed by atoms with E-state index in [1.165, 1.54) is 18.2 Å². The summed E-state index contributed by atoms with van der Waals surface area (Å²) in [5.41, 5.74) is -6.98. The number of carboxylic acid groups (broad SMARTS) is 1. The van der Waals surface area contributed by atoms with E-state index in [0.29, 0.717) is 0 Å². The van der Waals surface area contributed by atoms with Gasteiger partial charge in [-0.2, -0.15) is 13.2 Å². The Kier molecular flexibility index (Phi) is 7.23. The molecule has 0 saturated carbocycles. The van der Waals surface area contributed by atoms with Gasteiger partial charge >= 0.3 is 11.6 Å². The molecular weight excluding hydrogens is 457 g/mol. The maximum atomic E-state index is 14.9. The van der Waals surface area contributed by atoms with Crippen LogP contribution in [-0.4, -0.2) is 25.1 Å². The monoisotopic (exact) mass is 479 g/mol. The Morgan fingerprint density at radius 1 is 1.06 bits per heavy atom. The van der Waals surface area contributed by atoms with Crippen LogP contribution in [0.3, 0.4) is 0 Å². The molecule has 0 aliphatic rings. The summed E-state index contributed by atoms with van der Waals surface area (Å²) in [6.45, 7) is 5.49. The lowest BCUT2D eigenvalue weighted by Crippen LogP contribution is -2.30. The number of alkyl halides is 3. The number of nitrogens with one attached hydrogen (secondary N) is 1. The maximum absolute atomic E-state index is 14.9. The number of amides is 1. The molecular formula is C21H22F5NO4S. The average molecular weight is 479 g/mol. The first-order valence-corrected chi connectivity index (χ1v) is 11.0. The molecule has 2 aromatic carbocycles. The molecule has 2 rings (SSSR count). The first kappa shape index (κ1) is 25.6. The van der Waals surface area contributed by atoms with Crippen LogP contribution in [0, 0.1) is 17.0 Å². The van der Waals surface area contributed by atoms with Gasteiger partial charge in [-0.1, -0.05) is 45.0 Å². The van der Waals surface area contributed by atoms with Gasteiger partial charge in [0.2, 0.25) is 0 Å². The zero-order valence-electron chi connectivity index (χ0n) is 17.4. The van der Waals surface area contributed by atoms with Gasteiger partial charge in [0.1, 0.15) is 11.6 Å². The van der Waals surface area contributed by atoms with Gasteiger partial charge in [0.15, 0.2) is 0 Å². The molecule has 11 heteroatoms. The summed E-state index contributed by atoms with van der Waals surface area (Å²) in [7, 11) is -5.68. The zero-order chi connectivity index (χ0) is 24.5. The van der Waals surface area contributed by atoms with Gasteiger partial charge < -0.3 is 10.4 Å². The second kappa shape index (κ2) is 9.05. The highest BCUT2D eigenvalue weighted by Crippen LogP contribution is 2.35. The molecule has 176 valence electrons. The van der Waals surface area contributed by atoms with Gasteiger partial charge in [0, 0.05) is 11.1 Å². The molecule has 0 aromatic heterocycles. The predicted octanol–water partition coefficient (Wildman–Crippen LogP) is 5.81. The first-order chi connectivity index (χ1) is 14.5. The minimum atomic E-state index is -5.68. The fourth-order valence-electron chi connectivity index (χ4n) is 3.23. The van der Waals surface area contributed by atoms with Crippen molar-refractivity contribution >= 4 is 15.9 Å². The van der Waals surface area contributed by atoms with E-state index in [-0.39, 0.29) is 28.5 Å². The standard InChI is InChI=1S/C21H22F5NO4S/c1-20(2,3)10-18(27-19(28)29)14-8-7-12(9-17(14)23)13-5-4-6-16(22)15(13)11-32(30,31)21(24,25)26/h4-9,18,27H,10-11H2,1-3H3,(H,28,29)/t18-/m1/s1. The Balaban J connectivity index is 2.54. The average Bonchev–Trinajstić information content (AvgIpc) is 2.60. The zero-order valence-corrected chi connectivity index (χ0v) is 18.2. The highest BCUT2D eigenvalue weighted by molar-refractivity contribution is 7.91. The summed E-state index contributed by atoms with van der Waals surface area (Å²) in [6, 6.07) is 5.66. The summed E-state index contributed by atoms with van der Waals surface area (Å²) >= 11 is 0. The van der Waals surface area contributed by atoms with Gasteiger partial charge in [0.25, 0.3) is 9.84 Å². The summed E-state index contributed by atoms with van der Waals surface area (Å²) in [5.74, 6) is -3.70. The highest BCUT2D eigenvalue weighted by atomic mass is 32.2. The third-order valence-corrected chi connectivity index (χ3v) is 5.98. The van der Waals surface area contributed by atoms with Gasteiger partial charge in [-0.15, -0.1) is 0 Å². The van der Waals surface area contributed by atoms with Crippen LogP contribution in [0.2, 0.25) is 0 Å². The molecule has 0 fully saturated rings. The lowest BCUT2D eigenvalue weighted by Gasteiger charge is -2.26. The van der Waals surface area contributed by atoms with E-state index in [1.807, 2.05) is 20.8 Å². The summed E-state index contributed by atoms with van der Waals surface area (Å²) in [5, 5.41) is 11.3. The predicted molar refractivity (Wildman–Crippen MR) is 108 cm³/mol. The molecule has 2 aromatic rings. The van der Waals surface area contributed by atoms with Crippen LogP contribution in [-0.2, 0) is 15.6 Å². The smallest absolute Gasteiger partial charge is 0.465 e. The largest absolute Gasteiger partial charge is 0.497 e. The molecule has 0 spiro atoms. The molecule has 2 N–H and O–H groups in total. The Labute approximate surface area is 182 Å². The fraction of sp³-hybridized carbons (Fsp3) is 0.381. The van der Waals surface area contributed by atoms with Crippen LogP contribution in [0.5, 0.6) is 0 Å². The van der Waals surface area contributed by atoms with Crippen molar-refractivity contribution in [1.82, 2.24) is 5.32 Å². The number of sulfone groups is 1. The van der Waals surface area contributed by atoms with Crippen LogP contribution >= 0.6 is 0 Å². The Morgan fingerprint density at radius 2 is 1.69 bits per heavy atom. The number of rotatable bonds is 6. The Bertz CT molecular complexity index is 1110. The quantitative estimate of drug-likeness (QED) is 0.512. The topological polar surface area (TPSA) is 83.5 Å². The summed E-state index contributed by atoms with van der Waals surface area (Å²) in [4.78, 5) is 11.1. The number of halogens is 5. The van der Waals surface area contributed by atoms with Crippen molar-refractivity contribution in [1.29, 1.82) is 0 Å². The summed E-state index contributed by atoms with van der Waals surface area (Å²) < 4.78 is 90.8. The molecule has 0 radical (unpaired) electrons. The lowest BCUT2D eigenvalue weighted by atomic mass is 9.85. The number of hydrogen-bond donors (Lipinski definition) is 2. The van der Waals surface area contributed by atoms with Crippen LogP contribution in [0.15, 0.2) is 36.4 Å². The maximum Gasteiger partial charge on any atom is 0.497 e. The molecule has 0 aliphatic carbocycles. The molecule has 32 heavy (non-hydrogen) atoms. The molecule has 1 amide bonds. The molecule has 0 unspecified atom stereocenters. The third-order valence-electron chi connectivity index (χ3n) is 4.61. The molecule has 1 atom stereocenters. The second-order valence-corrected chi connectivity index (χ2v) is 10.5. The van der Waals surface area contributed by atoms with Crippen molar-refractivity contribution in [2.24, 2.45) is 5.41 Å². The van der Waals surface area contributed by atoms with Crippen molar-refractivity contribution in [2.45, 2.75) is 44.5 Å². The van der Waals surface area contributed by atoms with Gasteiger partial charge in [-0.3, -0.25) is 0 Å². The van der Waals surface area contributed by atoms with Crippen LogP contribution in [0.25, 0.3) is 11.1 Å². The molecule has 0 heterocycles. The van der Waals surface area contributed by atoms with E-state index in [0.717, 1.165) is 18.2 Å². The minimum Gasteiger partial charge on any atom is -0.465 e. The summed E-state index contributed by atoms with van der Waals surface area (Å²) in [6.07, 6.45) is -1.13. The highest BCUT2D eigenvalue weighted by Gasteiger charge is 2.46. The van der Waals surface area contributed by atoms with E-state index < -0.39 is 50.4 Å². The van der Waals surface area contributed by atoms with E-state index >= 15 is 0 Å². The fourth-order valence-corrected chi connectivity index (χ4v) is 4.06. The van der Waals surface area contributed by atoms with E-state index in [2.05, 4.69) is 5.32 Å². The van der Waals surface area contributed by atoms with Gasteiger partial charge in [-0.05, 0) is 35.1 Å². The number of benzene rings is 2. The Hall–Kier alpha value is -2.69. The van der Waals surface area contributed by atoms with Crippen molar-refractivity contribution in [3.63, 3.8) is 0 Å². The molecule has 0 aliphatic heterocycles. The molecule has 5 nitrogen and oxygen atoms in total. The van der Waals surface area contributed by atoms with Crippen LogP contribution in [0.4, 0.5) is 26.7 Å². The van der Waals surface area contributed by atoms with Crippen molar-refractivity contribution < 1.29 is 40.3 Å². The van der Waals surface area contributed by atoms with Gasteiger partial charge in [-0.25, -0.2) is 22.0 Å². The van der Waals surface area contributed by atoms with Crippen molar-refractivity contribution in [2.75, 3.05) is 0 Å².